The predicted octanol–water partition coefficient (Wildman–Crippen LogP) is 2.50. The number of hydrogen-bond acceptors (Lipinski definition) is 3. The lowest BCUT2D eigenvalue weighted by Crippen LogP contribution is -2.50. The van der Waals surface area contributed by atoms with E-state index in [1.165, 1.54) is 0 Å². The number of anilines is 1. The van der Waals surface area contributed by atoms with E-state index in [-0.39, 0.29) is 12.6 Å². The number of aliphatic hydroxyl groups excluding tert-OH is 1. The highest BCUT2D eigenvalue weighted by Crippen LogP contribution is 2.21. The van der Waals surface area contributed by atoms with Crippen LogP contribution >= 0.6 is 0 Å². The lowest BCUT2D eigenvalue weighted by molar-refractivity contribution is 0.127. The first-order chi connectivity index (χ1) is 11.8. The van der Waals surface area contributed by atoms with E-state index in [9.17, 15) is 4.79 Å². The van der Waals surface area contributed by atoms with Crippen LogP contribution in [0.5, 0.6) is 0 Å². The highest BCUT2D eigenvalue weighted by Gasteiger charge is 2.20. The SMILES string of the molecule is O=C(Nc1ccc(-c2ccccc2)cc1)N1CCN(CCO)CC1. The second-order valence-electron chi connectivity index (χ2n) is 5.93. The molecule has 2 aromatic carbocycles. The molecule has 0 radical (unpaired) electrons. The van der Waals surface area contributed by atoms with E-state index in [0.29, 0.717) is 19.6 Å². The fourth-order valence-corrected chi connectivity index (χ4v) is 2.90. The van der Waals surface area contributed by atoms with Gasteiger partial charge < -0.3 is 15.3 Å². The second kappa shape index (κ2) is 7.95. The van der Waals surface area contributed by atoms with Crippen LogP contribution < -0.4 is 5.32 Å². The molecule has 0 bridgehead atoms. The molecule has 1 aliphatic rings. The molecule has 1 fully saturated rings. The maximum atomic E-state index is 12.3. The van der Waals surface area contributed by atoms with Gasteiger partial charge in [0, 0.05) is 38.4 Å². The van der Waals surface area contributed by atoms with Crippen molar-refractivity contribution in [2.24, 2.45) is 0 Å². The van der Waals surface area contributed by atoms with E-state index in [4.69, 9.17) is 5.11 Å². The Balaban J connectivity index is 1.55. The molecule has 0 spiro atoms. The van der Waals surface area contributed by atoms with Crippen LogP contribution in [-0.4, -0.2) is 60.3 Å². The third-order valence-electron chi connectivity index (χ3n) is 4.32. The summed E-state index contributed by atoms with van der Waals surface area (Å²) >= 11 is 0. The molecule has 3 rings (SSSR count). The minimum Gasteiger partial charge on any atom is -0.395 e. The van der Waals surface area contributed by atoms with Crippen molar-refractivity contribution in [1.29, 1.82) is 0 Å². The van der Waals surface area contributed by atoms with Crippen LogP contribution in [0, 0.1) is 0 Å². The number of amides is 2. The molecule has 2 N–H and O–H groups in total. The Morgan fingerprint density at radius 2 is 1.54 bits per heavy atom. The molecule has 2 aromatic rings. The summed E-state index contributed by atoms with van der Waals surface area (Å²) in [7, 11) is 0. The first-order valence-electron chi connectivity index (χ1n) is 8.31. The first-order valence-corrected chi connectivity index (χ1v) is 8.31. The number of carbonyl (C=O) groups excluding carboxylic acids is 1. The maximum absolute atomic E-state index is 12.3. The summed E-state index contributed by atoms with van der Waals surface area (Å²) in [5, 5.41) is 11.9. The summed E-state index contributed by atoms with van der Waals surface area (Å²) in [6, 6.07) is 18.0. The summed E-state index contributed by atoms with van der Waals surface area (Å²) in [6.45, 7) is 3.83. The Bertz CT molecular complexity index is 650. The smallest absolute Gasteiger partial charge is 0.321 e. The number of benzene rings is 2. The van der Waals surface area contributed by atoms with Gasteiger partial charge in [0.15, 0.2) is 0 Å². The summed E-state index contributed by atoms with van der Waals surface area (Å²) in [6.07, 6.45) is 0. The number of nitrogens with one attached hydrogen (secondary N) is 1. The van der Waals surface area contributed by atoms with Crippen LogP contribution in [-0.2, 0) is 0 Å². The number of hydrogen-bond donors (Lipinski definition) is 2. The molecule has 0 aromatic heterocycles. The van der Waals surface area contributed by atoms with Gasteiger partial charge in [-0.05, 0) is 23.3 Å². The molecule has 0 atom stereocenters. The van der Waals surface area contributed by atoms with Gasteiger partial charge in [0.1, 0.15) is 0 Å². The van der Waals surface area contributed by atoms with Gasteiger partial charge in [0.2, 0.25) is 0 Å². The van der Waals surface area contributed by atoms with Crippen LogP contribution in [0.4, 0.5) is 10.5 Å². The van der Waals surface area contributed by atoms with Crippen molar-refractivity contribution in [3.8, 4) is 11.1 Å². The Morgan fingerprint density at radius 1 is 0.917 bits per heavy atom. The van der Waals surface area contributed by atoms with Gasteiger partial charge in [-0.25, -0.2) is 4.79 Å². The van der Waals surface area contributed by atoms with Crippen molar-refractivity contribution >= 4 is 11.7 Å². The van der Waals surface area contributed by atoms with Crippen LogP contribution in [0.3, 0.4) is 0 Å². The zero-order valence-electron chi connectivity index (χ0n) is 13.7. The van der Waals surface area contributed by atoms with Crippen LogP contribution in [0.2, 0.25) is 0 Å². The van der Waals surface area contributed by atoms with Gasteiger partial charge in [-0.15, -0.1) is 0 Å². The number of nitrogens with zero attached hydrogens (tertiary/aromatic N) is 2. The molecule has 5 nitrogen and oxygen atoms in total. The minimum atomic E-state index is -0.0638. The lowest BCUT2D eigenvalue weighted by atomic mass is 10.1. The second-order valence-corrected chi connectivity index (χ2v) is 5.93. The average Bonchev–Trinajstić information content (AvgIpc) is 2.64. The molecular formula is C19H23N3O2. The van der Waals surface area contributed by atoms with Gasteiger partial charge in [-0.3, -0.25) is 4.90 Å². The fourth-order valence-electron chi connectivity index (χ4n) is 2.90. The van der Waals surface area contributed by atoms with E-state index in [2.05, 4.69) is 22.3 Å². The van der Waals surface area contributed by atoms with Gasteiger partial charge in [-0.1, -0.05) is 42.5 Å². The molecule has 1 aliphatic heterocycles. The van der Waals surface area contributed by atoms with E-state index >= 15 is 0 Å². The summed E-state index contributed by atoms with van der Waals surface area (Å²) < 4.78 is 0. The molecule has 0 saturated carbocycles. The van der Waals surface area contributed by atoms with Gasteiger partial charge >= 0.3 is 6.03 Å². The van der Waals surface area contributed by atoms with Gasteiger partial charge in [0.25, 0.3) is 0 Å². The number of piperazine rings is 1. The normalized spacial score (nSPS) is 15.3. The summed E-state index contributed by atoms with van der Waals surface area (Å²) in [4.78, 5) is 16.3. The molecule has 0 aliphatic carbocycles. The molecule has 126 valence electrons. The Morgan fingerprint density at radius 3 is 2.17 bits per heavy atom. The zero-order chi connectivity index (χ0) is 16.8. The van der Waals surface area contributed by atoms with Crippen molar-refractivity contribution in [2.75, 3.05) is 44.6 Å². The van der Waals surface area contributed by atoms with E-state index in [1.54, 1.807) is 0 Å². The fraction of sp³-hybridized carbons (Fsp3) is 0.316. The van der Waals surface area contributed by atoms with E-state index in [0.717, 1.165) is 29.9 Å². The Hall–Kier alpha value is -2.37. The first kappa shape index (κ1) is 16.5. The minimum absolute atomic E-state index is 0.0638. The zero-order valence-corrected chi connectivity index (χ0v) is 13.7. The largest absolute Gasteiger partial charge is 0.395 e. The van der Waals surface area contributed by atoms with E-state index < -0.39 is 0 Å². The molecule has 1 saturated heterocycles. The molecule has 0 unspecified atom stereocenters. The Kier molecular flexibility index (Phi) is 5.46. The van der Waals surface area contributed by atoms with Crippen molar-refractivity contribution < 1.29 is 9.90 Å². The van der Waals surface area contributed by atoms with Gasteiger partial charge in [0.05, 0.1) is 6.61 Å². The van der Waals surface area contributed by atoms with Gasteiger partial charge in [-0.2, -0.15) is 0 Å². The maximum Gasteiger partial charge on any atom is 0.321 e. The highest BCUT2D eigenvalue weighted by molar-refractivity contribution is 5.89. The monoisotopic (exact) mass is 325 g/mol. The topological polar surface area (TPSA) is 55.8 Å². The molecular weight excluding hydrogens is 302 g/mol. The number of rotatable bonds is 4. The quantitative estimate of drug-likeness (QED) is 0.908. The van der Waals surface area contributed by atoms with E-state index in [1.807, 2.05) is 47.4 Å². The number of urea groups is 1. The molecule has 24 heavy (non-hydrogen) atoms. The van der Waals surface area contributed by atoms with Crippen LogP contribution in [0.25, 0.3) is 11.1 Å². The van der Waals surface area contributed by atoms with Crippen molar-refractivity contribution in [2.45, 2.75) is 0 Å². The lowest BCUT2D eigenvalue weighted by Gasteiger charge is -2.34. The highest BCUT2D eigenvalue weighted by atomic mass is 16.3. The van der Waals surface area contributed by atoms with Crippen molar-refractivity contribution in [3.05, 3.63) is 54.6 Å². The standard InChI is InChI=1S/C19H23N3O2/c23-15-14-21-10-12-22(13-11-21)19(24)20-18-8-6-17(7-9-18)16-4-2-1-3-5-16/h1-9,23H,10-15H2,(H,20,24). The molecule has 1 heterocycles. The number of carbonyl (C=O) groups is 1. The molecule has 5 heteroatoms. The summed E-state index contributed by atoms with van der Waals surface area (Å²) in [5.41, 5.74) is 3.10. The molecule has 2 amide bonds. The third kappa shape index (κ3) is 4.13. The van der Waals surface area contributed by atoms with Crippen LogP contribution in [0.1, 0.15) is 0 Å². The average molecular weight is 325 g/mol. The third-order valence-corrected chi connectivity index (χ3v) is 4.32. The van der Waals surface area contributed by atoms with Crippen LogP contribution in [0.15, 0.2) is 54.6 Å². The predicted molar refractivity (Wildman–Crippen MR) is 96.0 cm³/mol. The van der Waals surface area contributed by atoms with Crippen molar-refractivity contribution in [1.82, 2.24) is 9.80 Å². The number of aliphatic hydroxyl groups is 1. The summed E-state index contributed by atoms with van der Waals surface area (Å²) in [5.74, 6) is 0. The van der Waals surface area contributed by atoms with Crippen molar-refractivity contribution in [3.63, 3.8) is 0 Å². The number of β-amino-alcohol motifs (C(OH)–C–C–N with tert-alkyl or cyclic N) is 1. The Labute approximate surface area is 142 Å².